The van der Waals surface area contributed by atoms with Crippen LogP contribution in [0.25, 0.3) is 0 Å². The van der Waals surface area contributed by atoms with Crippen LogP contribution in [0.3, 0.4) is 0 Å². The van der Waals surface area contributed by atoms with Crippen LogP contribution < -0.4 is 0 Å². The number of hydrogen-bond donors (Lipinski definition) is 2. The van der Waals surface area contributed by atoms with Gasteiger partial charge in [0.25, 0.3) is 0 Å². The standard InChI is InChI=1S/C26H20O2/c1-15-9-11-17-18-12-10-16(2)14-22(18)20-6-4-8-24(28)26(20)25-19(21(17)13-15)5-3-7-23(25)27/h3-14,27-28H,1-2H3/b18-17-,21-19-,22-20-,26-25-. The molecule has 2 heteroatoms. The molecule has 0 heterocycles. The van der Waals surface area contributed by atoms with Gasteiger partial charge in [-0.2, -0.15) is 0 Å². The topological polar surface area (TPSA) is 40.5 Å². The molecule has 4 aromatic carbocycles. The van der Waals surface area contributed by atoms with Gasteiger partial charge in [-0.1, -0.05) is 71.8 Å². The van der Waals surface area contributed by atoms with E-state index in [0.29, 0.717) is 10.4 Å². The van der Waals surface area contributed by atoms with Gasteiger partial charge >= 0.3 is 0 Å². The zero-order chi connectivity index (χ0) is 19.4. The Balaban J connectivity index is 2.48. The maximum atomic E-state index is 10.8. The van der Waals surface area contributed by atoms with E-state index in [-0.39, 0.29) is 11.5 Å². The Labute approximate surface area is 161 Å². The van der Waals surface area contributed by atoms with Gasteiger partial charge in [-0.3, -0.25) is 0 Å². The first-order valence-electron chi connectivity index (χ1n) is 9.41. The highest BCUT2D eigenvalue weighted by molar-refractivity contribution is 5.40. The van der Waals surface area contributed by atoms with Gasteiger partial charge in [0.1, 0.15) is 11.5 Å². The second-order valence-electron chi connectivity index (χ2n) is 7.50. The Morgan fingerprint density at radius 3 is 1.32 bits per heavy atom. The van der Waals surface area contributed by atoms with Crippen LogP contribution in [0.15, 0.2) is 72.8 Å². The first kappa shape index (κ1) is 16.6. The van der Waals surface area contributed by atoms with E-state index in [4.69, 9.17) is 0 Å². The molecular weight excluding hydrogens is 344 g/mol. The average molecular weight is 364 g/mol. The number of rotatable bonds is 0. The molecule has 2 nitrogen and oxygen atoms in total. The minimum absolute atomic E-state index is 0.170. The molecular formula is C26H20O2. The molecule has 0 bridgehead atoms. The first-order chi connectivity index (χ1) is 13.5. The van der Waals surface area contributed by atoms with Gasteiger partial charge in [-0.05, 0) is 57.3 Å². The smallest absolute Gasteiger partial charge is 0.124 e. The summed E-state index contributed by atoms with van der Waals surface area (Å²) in [4.78, 5) is 0. The Hall–Kier alpha value is -3.52. The Bertz CT molecular complexity index is 1530. The van der Waals surface area contributed by atoms with Crippen LogP contribution in [0.4, 0.5) is 0 Å². The summed E-state index contributed by atoms with van der Waals surface area (Å²) in [6.45, 7) is 4.14. The number of phenols is 2. The number of aromatic hydroxyl groups is 2. The summed E-state index contributed by atoms with van der Waals surface area (Å²) in [5.41, 5.74) is 2.31. The lowest BCUT2D eigenvalue weighted by atomic mass is 9.99. The summed E-state index contributed by atoms with van der Waals surface area (Å²) in [6, 6.07) is 24.0. The monoisotopic (exact) mass is 364 g/mol. The minimum atomic E-state index is 0.170. The highest BCUT2D eigenvalue weighted by Gasteiger charge is 2.06. The largest absolute Gasteiger partial charge is 0.507 e. The molecule has 0 atom stereocenters. The molecule has 136 valence electrons. The van der Waals surface area contributed by atoms with Crippen LogP contribution in [0.2, 0.25) is 0 Å². The number of hydrogen-bond acceptors (Lipinski definition) is 2. The van der Waals surface area contributed by atoms with Crippen molar-refractivity contribution >= 4 is 0 Å². The number of aryl methyl sites for hydroxylation is 2. The molecule has 0 aromatic heterocycles. The Morgan fingerprint density at radius 2 is 0.893 bits per heavy atom. The lowest BCUT2D eigenvalue weighted by Crippen LogP contribution is -1.92. The molecule has 5 rings (SSSR count). The third-order valence-electron chi connectivity index (χ3n) is 5.56. The lowest BCUT2D eigenvalue weighted by molar-refractivity contribution is 0.461. The molecule has 0 aliphatic heterocycles. The average Bonchev–Trinajstić information content (AvgIpc) is 2.67. The van der Waals surface area contributed by atoms with Crippen molar-refractivity contribution in [1.29, 1.82) is 0 Å². The van der Waals surface area contributed by atoms with Crippen LogP contribution in [0.5, 0.6) is 11.5 Å². The highest BCUT2D eigenvalue weighted by Crippen LogP contribution is 2.23. The number of phenolic OH excluding ortho intramolecular Hbond substituents is 2. The summed E-state index contributed by atoms with van der Waals surface area (Å²) in [6.07, 6.45) is 0. The zero-order valence-corrected chi connectivity index (χ0v) is 15.8. The molecule has 0 fully saturated rings. The molecule has 0 unspecified atom stereocenters. The summed E-state index contributed by atoms with van der Waals surface area (Å²) < 4.78 is 0. The maximum absolute atomic E-state index is 10.8. The summed E-state index contributed by atoms with van der Waals surface area (Å²) in [5.74, 6) is 0.340. The van der Waals surface area contributed by atoms with Crippen molar-refractivity contribution in [3.05, 3.63) is 126 Å². The van der Waals surface area contributed by atoms with Crippen molar-refractivity contribution in [1.82, 2.24) is 0 Å². The molecule has 1 aliphatic carbocycles. The van der Waals surface area contributed by atoms with E-state index in [0.717, 1.165) is 42.4 Å². The fourth-order valence-electron chi connectivity index (χ4n) is 4.29. The predicted octanol–water partition coefficient (Wildman–Crippen LogP) is 5.18. The van der Waals surface area contributed by atoms with E-state index in [2.05, 4.69) is 50.2 Å². The van der Waals surface area contributed by atoms with E-state index in [1.165, 1.54) is 0 Å². The number of fused-ring (bicyclic) bond motifs is 4. The summed E-state index contributed by atoms with van der Waals surface area (Å²) in [7, 11) is 0. The van der Waals surface area contributed by atoms with Crippen LogP contribution in [0, 0.1) is 55.6 Å². The second kappa shape index (κ2) is 6.00. The van der Waals surface area contributed by atoms with Gasteiger partial charge in [0.15, 0.2) is 0 Å². The summed E-state index contributed by atoms with van der Waals surface area (Å²) in [5, 5.41) is 29.2. The van der Waals surface area contributed by atoms with E-state index >= 15 is 0 Å². The van der Waals surface area contributed by atoms with E-state index in [1.54, 1.807) is 12.1 Å². The SMILES string of the molecule is Cc1ccc2/c(c1)=c1/cccc(O)/c1=c1\c(O)ccc\c1=c1/cc(C)cc/c1=2. The number of benzene rings is 4. The van der Waals surface area contributed by atoms with Gasteiger partial charge in [0.05, 0.1) is 0 Å². The molecule has 0 radical (unpaired) electrons. The Morgan fingerprint density at radius 1 is 0.464 bits per heavy atom. The molecule has 1 aliphatic rings. The molecule has 4 aromatic rings. The predicted molar refractivity (Wildman–Crippen MR) is 109 cm³/mol. The van der Waals surface area contributed by atoms with Gasteiger partial charge in [-0.15, -0.1) is 0 Å². The summed E-state index contributed by atoms with van der Waals surface area (Å²) >= 11 is 0. The molecule has 2 N–H and O–H groups in total. The highest BCUT2D eigenvalue weighted by atomic mass is 16.3. The second-order valence-corrected chi connectivity index (χ2v) is 7.50. The van der Waals surface area contributed by atoms with E-state index < -0.39 is 0 Å². The van der Waals surface area contributed by atoms with Crippen molar-refractivity contribution in [2.75, 3.05) is 0 Å². The van der Waals surface area contributed by atoms with E-state index in [9.17, 15) is 10.2 Å². The van der Waals surface area contributed by atoms with Crippen LogP contribution in [-0.2, 0) is 0 Å². The van der Waals surface area contributed by atoms with Crippen molar-refractivity contribution in [2.24, 2.45) is 0 Å². The third kappa shape index (κ3) is 2.35. The van der Waals surface area contributed by atoms with Crippen molar-refractivity contribution in [3.8, 4) is 11.5 Å². The molecule has 28 heavy (non-hydrogen) atoms. The van der Waals surface area contributed by atoms with Crippen LogP contribution in [-0.4, -0.2) is 10.2 Å². The Kier molecular flexibility index (Phi) is 3.56. The van der Waals surface area contributed by atoms with Gasteiger partial charge in [0, 0.05) is 10.4 Å². The molecule has 0 saturated carbocycles. The fourth-order valence-corrected chi connectivity index (χ4v) is 4.29. The lowest BCUT2D eigenvalue weighted by Gasteiger charge is -2.06. The molecule has 0 saturated heterocycles. The normalized spacial score (nSPS) is 16.6. The van der Waals surface area contributed by atoms with Crippen LogP contribution in [0.1, 0.15) is 11.1 Å². The van der Waals surface area contributed by atoms with Gasteiger partial charge in [-0.25, -0.2) is 0 Å². The molecule has 0 spiro atoms. The van der Waals surface area contributed by atoms with E-state index in [1.807, 2.05) is 24.3 Å². The van der Waals surface area contributed by atoms with Crippen molar-refractivity contribution < 1.29 is 10.2 Å². The van der Waals surface area contributed by atoms with Crippen molar-refractivity contribution in [2.45, 2.75) is 13.8 Å². The van der Waals surface area contributed by atoms with Gasteiger partial charge < -0.3 is 10.2 Å². The van der Waals surface area contributed by atoms with Crippen molar-refractivity contribution in [3.63, 3.8) is 0 Å². The zero-order valence-electron chi connectivity index (χ0n) is 15.8. The van der Waals surface area contributed by atoms with Crippen LogP contribution >= 0.6 is 0 Å². The molecule has 0 amide bonds. The third-order valence-corrected chi connectivity index (χ3v) is 5.56. The van der Waals surface area contributed by atoms with Gasteiger partial charge in [0.2, 0.25) is 0 Å². The maximum Gasteiger partial charge on any atom is 0.124 e. The first-order valence-corrected chi connectivity index (χ1v) is 9.41. The minimum Gasteiger partial charge on any atom is -0.507 e. The fraction of sp³-hybridized carbons (Fsp3) is 0.0769. The quantitative estimate of drug-likeness (QED) is 0.398.